The number of hydrogen-bond acceptors (Lipinski definition) is 5. The number of thioether (sulfide) groups is 1. The number of carbonyl (C=O) groups excluding carboxylic acids is 1. The molecule has 1 N–H and O–H groups in total. The van der Waals surface area contributed by atoms with E-state index in [1.165, 1.54) is 22.9 Å². The van der Waals surface area contributed by atoms with E-state index in [1.807, 2.05) is 13.0 Å². The van der Waals surface area contributed by atoms with Crippen molar-refractivity contribution in [3.05, 3.63) is 53.1 Å². The van der Waals surface area contributed by atoms with Crippen LogP contribution in [0.4, 0.5) is 5.69 Å². The average molecular weight is 380 g/mol. The van der Waals surface area contributed by atoms with Gasteiger partial charge in [0.2, 0.25) is 12.7 Å². The number of ether oxygens (including phenoxy) is 2. The van der Waals surface area contributed by atoms with Gasteiger partial charge in [0.05, 0.1) is 11.3 Å². The quantitative estimate of drug-likeness (QED) is 0.669. The van der Waals surface area contributed by atoms with Crippen molar-refractivity contribution < 1.29 is 14.3 Å². The largest absolute Gasteiger partial charge is 0.454 e. The second kappa shape index (κ2) is 7.12. The van der Waals surface area contributed by atoms with Gasteiger partial charge in [-0.15, -0.1) is 0 Å². The zero-order valence-electron chi connectivity index (χ0n) is 15.5. The number of aromatic nitrogens is 1. The van der Waals surface area contributed by atoms with Crippen molar-refractivity contribution in [3.63, 3.8) is 0 Å². The van der Waals surface area contributed by atoms with Crippen LogP contribution in [0.2, 0.25) is 0 Å². The maximum atomic E-state index is 12.4. The van der Waals surface area contributed by atoms with Crippen molar-refractivity contribution in [3.8, 4) is 11.5 Å². The molecule has 1 aliphatic heterocycles. The van der Waals surface area contributed by atoms with Gasteiger partial charge in [0.15, 0.2) is 11.5 Å². The zero-order chi connectivity index (χ0) is 19.0. The van der Waals surface area contributed by atoms with Crippen molar-refractivity contribution in [2.75, 3.05) is 17.9 Å². The van der Waals surface area contributed by atoms with Crippen molar-refractivity contribution in [1.29, 1.82) is 0 Å². The van der Waals surface area contributed by atoms with Gasteiger partial charge in [0.25, 0.3) is 0 Å². The molecule has 138 valence electrons. The minimum absolute atomic E-state index is 0.0823. The van der Waals surface area contributed by atoms with Crippen LogP contribution in [0.3, 0.4) is 0 Å². The molecule has 1 amide bonds. The highest BCUT2D eigenvalue weighted by Gasteiger charge is 2.15. The Morgan fingerprint density at radius 2 is 1.89 bits per heavy atom. The van der Waals surface area contributed by atoms with Gasteiger partial charge in [0, 0.05) is 17.1 Å². The molecular weight excluding hydrogens is 360 g/mol. The number of anilines is 1. The highest BCUT2D eigenvalue weighted by atomic mass is 32.2. The van der Waals surface area contributed by atoms with Gasteiger partial charge in [0.1, 0.15) is 5.03 Å². The Morgan fingerprint density at radius 3 is 2.74 bits per heavy atom. The molecule has 4 rings (SSSR count). The summed E-state index contributed by atoms with van der Waals surface area (Å²) in [6.45, 7) is 6.41. The second-order valence-corrected chi connectivity index (χ2v) is 7.56. The number of amides is 1. The van der Waals surface area contributed by atoms with Crippen LogP contribution in [-0.4, -0.2) is 23.4 Å². The number of nitrogens with zero attached hydrogens (tertiary/aromatic N) is 1. The summed E-state index contributed by atoms with van der Waals surface area (Å²) in [6.07, 6.45) is 0. The lowest BCUT2D eigenvalue weighted by Crippen LogP contribution is -2.14. The first kappa shape index (κ1) is 17.7. The van der Waals surface area contributed by atoms with Crippen LogP contribution in [0, 0.1) is 20.8 Å². The third-order valence-corrected chi connectivity index (χ3v) is 5.75. The molecule has 0 bridgehead atoms. The molecule has 6 heteroatoms. The molecule has 2 heterocycles. The van der Waals surface area contributed by atoms with Gasteiger partial charge in [-0.25, -0.2) is 4.98 Å². The summed E-state index contributed by atoms with van der Waals surface area (Å²) < 4.78 is 10.6. The highest BCUT2D eigenvalue weighted by Crippen LogP contribution is 2.34. The molecule has 3 aromatic rings. The van der Waals surface area contributed by atoms with Crippen molar-refractivity contribution in [2.24, 2.45) is 0 Å². The number of hydrogen-bond donors (Lipinski definition) is 1. The number of fused-ring (bicyclic) bond motifs is 2. The zero-order valence-corrected chi connectivity index (χ0v) is 16.3. The fourth-order valence-corrected chi connectivity index (χ4v) is 3.81. The Labute approximate surface area is 162 Å². The van der Waals surface area contributed by atoms with Crippen LogP contribution in [-0.2, 0) is 4.79 Å². The summed E-state index contributed by atoms with van der Waals surface area (Å²) >= 11 is 1.45. The molecule has 0 saturated heterocycles. The van der Waals surface area contributed by atoms with E-state index in [0.29, 0.717) is 22.9 Å². The SMILES string of the molecule is Cc1cc2ccc(C)c(C)c2nc1SCC(=O)Nc1ccc2c(c1)OCO2. The van der Waals surface area contributed by atoms with Crippen molar-refractivity contribution >= 4 is 34.3 Å². The van der Waals surface area contributed by atoms with E-state index in [4.69, 9.17) is 14.5 Å². The number of carbonyl (C=O) groups is 1. The summed E-state index contributed by atoms with van der Waals surface area (Å²) in [4.78, 5) is 17.2. The maximum absolute atomic E-state index is 12.4. The number of rotatable bonds is 4. The minimum Gasteiger partial charge on any atom is -0.454 e. The van der Waals surface area contributed by atoms with Crippen LogP contribution >= 0.6 is 11.8 Å². The lowest BCUT2D eigenvalue weighted by atomic mass is 10.0. The van der Waals surface area contributed by atoms with Gasteiger partial charge >= 0.3 is 0 Å². The van der Waals surface area contributed by atoms with E-state index in [9.17, 15) is 4.79 Å². The Morgan fingerprint density at radius 1 is 1.07 bits per heavy atom. The molecule has 5 nitrogen and oxygen atoms in total. The van der Waals surface area contributed by atoms with Gasteiger partial charge in [-0.3, -0.25) is 4.79 Å². The molecule has 0 atom stereocenters. The first-order valence-corrected chi connectivity index (χ1v) is 9.69. The summed E-state index contributed by atoms with van der Waals surface area (Å²) in [7, 11) is 0. The lowest BCUT2D eigenvalue weighted by Gasteiger charge is -2.10. The molecule has 0 spiro atoms. The number of pyridine rings is 1. The first-order chi connectivity index (χ1) is 13.0. The molecule has 0 unspecified atom stereocenters. The lowest BCUT2D eigenvalue weighted by molar-refractivity contribution is -0.113. The predicted molar refractivity (Wildman–Crippen MR) is 108 cm³/mol. The summed E-state index contributed by atoms with van der Waals surface area (Å²) in [6, 6.07) is 11.7. The Hall–Kier alpha value is -2.73. The fourth-order valence-electron chi connectivity index (χ4n) is 3.02. The van der Waals surface area contributed by atoms with E-state index in [1.54, 1.807) is 12.1 Å². The van der Waals surface area contributed by atoms with Crippen molar-refractivity contribution in [2.45, 2.75) is 25.8 Å². The molecule has 2 aromatic carbocycles. The average Bonchev–Trinajstić information content (AvgIpc) is 3.11. The van der Waals surface area contributed by atoms with Gasteiger partial charge in [-0.2, -0.15) is 0 Å². The van der Waals surface area contributed by atoms with Gasteiger partial charge < -0.3 is 14.8 Å². The number of aryl methyl sites for hydroxylation is 3. The molecule has 1 aliphatic rings. The third-order valence-electron chi connectivity index (χ3n) is 4.65. The minimum atomic E-state index is -0.0823. The van der Waals surface area contributed by atoms with E-state index >= 15 is 0 Å². The van der Waals surface area contributed by atoms with E-state index in [2.05, 4.69) is 37.4 Å². The Kier molecular flexibility index (Phi) is 4.66. The predicted octanol–water partition coefficient (Wildman–Crippen LogP) is 4.62. The van der Waals surface area contributed by atoms with Crippen LogP contribution in [0.15, 0.2) is 41.4 Å². The second-order valence-electron chi connectivity index (χ2n) is 6.59. The Bertz CT molecular complexity index is 1050. The smallest absolute Gasteiger partial charge is 0.234 e. The molecule has 0 aliphatic carbocycles. The summed E-state index contributed by atoms with van der Waals surface area (Å²) in [5, 5.41) is 4.91. The van der Waals surface area contributed by atoms with Crippen LogP contribution < -0.4 is 14.8 Å². The fraction of sp³-hybridized carbons (Fsp3) is 0.238. The van der Waals surface area contributed by atoms with E-state index in [0.717, 1.165) is 21.5 Å². The van der Waals surface area contributed by atoms with Crippen LogP contribution in [0.5, 0.6) is 11.5 Å². The third kappa shape index (κ3) is 3.57. The van der Waals surface area contributed by atoms with Crippen molar-refractivity contribution in [1.82, 2.24) is 4.98 Å². The summed E-state index contributed by atoms with van der Waals surface area (Å²) in [5.41, 5.74) is 5.17. The van der Waals surface area contributed by atoms with Gasteiger partial charge in [-0.1, -0.05) is 23.9 Å². The molecule has 27 heavy (non-hydrogen) atoms. The normalized spacial score (nSPS) is 12.4. The monoisotopic (exact) mass is 380 g/mol. The number of nitrogens with one attached hydrogen (secondary N) is 1. The molecule has 1 aromatic heterocycles. The van der Waals surface area contributed by atoms with E-state index < -0.39 is 0 Å². The first-order valence-electron chi connectivity index (χ1n) is 8.71. The van der Waals surface area contributed by atoms with Crippen LogP contribution in [0.25, 0.3) is 10.9 Å². The Balaban J connectivity index is 1.47. The summed E-state index contributed by atoms with van der Waals surface area (Å²) in [5.74, 6) is 1.56. The van der Waals surface area contributed by atoms with Gasteiger partial charge in [-0.05, 0) is 55.7 Å². The molecule has 0 saturated carbocycles. The molecule has 0 radical (unpaired) electrons. The topological polar surface area (TPSA) is 60.5 Å². The van der Waals surface area contributed by atoms with E-state index in [-0.39, 0.29) is 12.7 Å². The highest BCUT2D eigenvalue weighted by molar-refractivity contribution is 8.00. The maximum Gasteiger partial charge on any atom is 0.234 e. The van der Waals surface area contributed by atoms with Crippen LogP contribution in [0.1, 0.15) is 16.7 Å². The molecule has 0 fully saturated rings. The number of benzene rings is 2. The standard InChI is InChI=1S/C21H20N2O3S/c1-12-4-5-15-8-13(2)21(23-20(15)14(12)3)27-10-19(24)22-16-6-7-17-18(9-16)26-11-25-17/h4-9H,10-11H2,1-3H3,(H,22,24). The molecular formula is C21H20N2O3S.